The molecule has 0 aliphatic carbocycles. The van der Waals surface area contributed by atoms with Gasteiger partial charge in [-0.1, -0.05) is 121 Å². The summed E-state index contributed by atoms with van der Waals surface area (Å²) >= 11 is 0. The minimum absolute atomic E-state index is 0.147. The number of hydrogen-bond acceptors (Lipinski definition) is 8. The van der Waals surface area contributed by atoms with E-state index in [1.807, 2.05) is 121 Å². The number of nitrogens with zero attached hydrogens (tertiary/aromatic N) is 2. The van der Waals surface area contributed by atoms with E-state index in [0.29, 0.717) is 64.0 Å². The van der Waals surface area contributed by atoms with Crippen molar-refractivity contribution in [2.45, 2.75) is 25.3 Å². The second-order valence-electron chi connectivity index (χ2n) is 16.2. The van der Waals surface area contributed by atoms with Gasteiger partial charge in [0.1, 0.15) is 50.1 Å². The third kappa shape index (κ3) is 10.5. The zero-order valence-electron chi connectivity index (χ0n) is 35.8. The molecule has 0 saturated heterocycles. The molecule has 0 aliphatic heterocycles. The van der Waals surface area contributed by atoms with Gasteiger partial charge in [0, 0.05) is 71.8 Å². The predicted molar refractivity (Wildman–Crippen MR) is 255 cm³/mol. The van der Waals surface area contributed by atoms with Gasteiger partial charge in [-0.05, 0) is 59.7 Å². The van der Waals surface area contributed by atoms with Crippen molar-refractivity contribution in [3.8, 4) is 23.0 Å². The SMILES string of the molecule is O[C@H](COc1cccc2[nH]c3ccccc3c12)CN(CCOc1ccccc1OCCN(Cc1ccccc1)C[C@H](O)COc1cccc2[nH]c3ccccc3c12)Cc1ccccc1. The maximum atomic E-state index is 11.3. The van der Waals surface area contributed by atoms with Gasteiger partial charge in [0.25, 0.3) is 0 Å². The zero-order chi connectivity index (χ0) is 43.5. The number of aromatic amines is 2. The normalized spacial score (nSPS) is 12.7. The van der Waals surface area contributed by atoms with Gasteiger partial charge >= 0.3 is 0 Å². The van der Waals surface area contributed by atoms with Gasteiger partial charge in [-0.2, -0.15) is 0 Å². The first kappa shape index (κ1) is 42.5. The fourth-order valence-corrected chi connectivity index (χ4v) is 8.46. The highest BCUT2D eigenvalue weighted by Crippen LogP contribution is 2.34. The second-order valence-corrected chi connectivity index (χ2v) is 16.2. The number of nitrogens with one attached hydrogen (secondary N) is 2. The molecule has 10 heteroatoms. The molecule has 0 saturated carbocycles. The van der Waals surface area contributed by atoms with Crippen molar-refractivity contribution >= 4 is 43.6 Å². The van der Waals surface area contributed by atoms with Crippen LogP contribution in [0.4, 0.5) is 0 Å². The van der Waals surface area contributed by atoms with E-state index >= 15 is 0 Å². The van der Waals surface area contributed by atoms with Gasteiger partial charge in [0.05, 0.1) is 11.0 Å². The van der Waals surface area contributed by atoms with Crippen LogP contribution in [0.3, 0.4) is 0 Å². The van der Waals surface area contributed by atoms with Crippen molar-refractivity contribution in [1.82, 2.24) is 19.8 Å². The Kier molecular flexibility index (Phi) is 13.7. The summed E-state index contributed by atoms with van der Waals surface area (Å²) in [5.74, 6) is 2.78. The van der Waals surface area contributed by atoms with Crippen LogP contribution < -0.4 is 18.9 Å². The first-order chi connectivity index (χ1) is 31.5. The molecule has 4 N–H and O–H groups in total. The fraction of sp³-hybridized carbons (Fsp3) is 0.222. The molecule has 0 unspecified atom stereocenters. The molecule has 326 valence electrons. The van der Waals surface area contributed by atoms with E-state index < -0.39 is 12.2 Å². The zero-order valence-corrected chi connectivity index (χ0v) is 35.8. The first-order valence-electron chi connectivity index (χ1n) is 22.0. The van der Waals surface area contributed by atoms with E-state index in [-0.39, 0.29) is 13.2 Å². The van der Waals surface area contributed by atoms with E-state index in [2.05, 4.69) is 68.3 Å². The molecule has 7 aromatic carbocycles. The molecule has 0 amide bonds. The Bertz CT molecular complexity index is 2690. The molecule has 2 atom stereocenters. The number of hydrogen-bond donors (Lipinski definition) is 4. The number of benzene rings is 7. The Labute approximate surface area is 373 Å². The van der Waals surface area contributed by atoms with Crippen LogP contribution in [0.25, 0.3) is 43.6 Å². The largest absolute Gasteiger partial charge is 0.490 e. The van der Waals surface area contributed by atoms with E-state index in [9.17, 15) is 10.2 Å². The summed E-state index contributed by atoms with van der Waals surface area (Å²) in [6, 6.07) is 56.5. The van der Waals surface area contributed by atoms with Gasteiger partial charge in [0.15, 0.2) is 11.5 Å². The molecule has 0 aliphatic rings. The number of rotatable bonds is 22. The second kappa shape index (κ2) is 20.6. The lowest BCUT2D eigenvalue weighted by Gasteiger charge is -2.26. The minimum atomic E-state index is -0.738. The van der Waals surface area contributed by atoms with Crippen molar-refractivity contribution in [3.63, 3.8) is 0 Å². The molecule has 9 rings (SSSR count). The van der Waals surface area contributed by atoms with Gasteiger partial charge < -0.3 is 39.1 Å². The number of aliphatic hydroxyl groups excluding tert-OH is 2. The van der Waals surface area contributed by atoms with Crippen molar-refractivity contribution < 1.29 is 29.2 Å². The van der Waals surface area contributed by atoms with Crippen molar-refractivity contribution in [2.24, 2.45) is 0 Å². The van der Waals surface area contributed by atoms with Gasteiger partial charge in [-0.15, -0.1) is 0 Å². The van der Waals surface area contributed by atoms with Crippen LogP contribution in [-0.2, 0) is 13.1 Å². The Balaban J connectivity index is 0.804. The van der Waals surface area contributed by atoms with Gasteiger partial charge in [-0.3, -0.25) is 9.80 Å². The lowest BCUT2D eigenvalue weighted by molar-refractivity contribution is 0.0592. The van der Waals surface area contributed by atoms with Gasteiger partial charge in [0.2, 0.25) is 0 Å². The number of ether oxygens (including phenoxy) is 4. The summed E-state index contributed by atoms with van der Waals surface area (Å²) in [6.07, 6.45) is -1.48. The highest BCUT2D eigenvalue weighted by molar-refractivity contribution is 6.11. The number of para-hydroxylation sites is 4. The average molecular weight is 855 g/mol. The van der Waals surface area contributed by atoms with Crippen LogP contribution >= 0.6 is 0 Å². The topological polar surface area (TPSA) is 115 Å². The Morgan fingerprint density at radius 1 is 0.391 bits per heavy atom. The van der Waals surface area contributed by atoms with Crippen LogP contribution in [0, 0.1) is 0 Å². The van der Waals surface area contributed by atoms with Gasteiger partial charge in [-0.25, -0.2) is 0 Å². The molecular weight excluding hydrogens is 801 g/mol. The monoisotopic (exact) mass is 854 g/mol. The smallest absolute Gasteiger partial charge is 0.161 e. The lowest BCUT2D eigenvalue weighted by atomic mass is 10.1. The fourth-order valence-electron chi connectivity index (χ4n) is 8.46. The Morgan fingerprint density at radius 3 is 1.22 bits per heavy atom. The number of aliphatic hydroxyl groups is 2. The standard InChI is InChI=1S/C54H54N4O6/c59-41(37-63-51-27-13-23-47-53(51)43-19-7-9-21-45(43)55-47)35-57(33-39-15-3-1-4-16-39)29-31-61-49-25-11-12-26-50(49)62-32-30-58(34-40-17-5-2-6-18-40)36-42(60)38-64-52-28-14-24-48-54(52)44-20-8-10-22-46(44)56-48/h1-28,41-42,55-56,59-60H,29-38H2/t41-,42-/m0/s1. The quantitative estimate of drug-likeness (QED) is 0.0533. The summed E-state index contributed by atoms with van der Waals surface area (Å²) in [7, 11) is 0. The molecule has 0 radical (unpaired) electrons. The van der Waals surface area contributed by atoms with E-state index in [4.69, 9.17) is 18.9 Å². The maximum Gasteiger partial charge on any atom is 0.161 e. The summed E-state index contributed by atoms with van der Waals surface area (Å²) in [5.41, 5.74) is 6.39. The first-order valence-corrected chi connectivity index (χ1v) is 22.0. The predicted octanol–water partition coefficient (Wildman–Crippen LogP) is 9.60. The third-order valence-corrected chi connectivity index (χ3v) is 11.5. The van der Waals surface area contributed by atoms with E-state index in [1.165, 1.54) is 0 Å². The maximum absolute atomic E-state index is 11.3. The summed E-state index contributed by atoms with van der Waals surface area (Å²) in [5, 5.41) is 26.9. The lowest BCUT2D eigenvalue weighted by Crippen LogP contribution is -2.38. The van der Waals surface area contributed by atoms with Crippen molar-refractivity contribution in [1.29, 1.82) is 0 Å². The number of aromatic nitrogens is 2. The minimum Gasteiger partial charge on any atom is -0.490 e. The van der Waals surface area contributed by atoms with Crippen LogP contribution in [0.2, 0.25) is 0 Å². The highest BCUT2D eigenvalue weighted by atomic mass is 16.5. The molecule has 0 spiro atoms. The molecule has 10 nitrogen and oxygen atoms in total. The van der Waals surface area contributed by atoms with Crippen LogP contribution in [-0.4, -0.2) is 94.8 Å². The Morgan fingerprint density at radius 2 is 0.766 bits per heavy atom. The molecule has 0 fully saturated rings. The molecule has 9 aromatic rings. The van der Waals surface area contributed by atoms with Crippen LogP contribution in [0.1, 0.15) is 11.1 Å². The molecule has 0 bridgehead atoms. The molecular formula is C54H54N4O6. The third-order valence-electron chi connectivity index (χ3n) is 11.5. The molecule has 2 aromatic heterocycles. The van der Waals surface area contributed by atoms with Crippen molar-refractivity contribution in [3.05, 3.63) is 181 Å². The van der Waals surface area contributed by atoms with E-state index in [1.54, 1.807) is 0 Å². The van der Waals surface area contributed by atoms with Crippen LogP contribution in [0.5, 0.6) is 23.0 Å². The summed E-state index contributed by atoms with van der Waals surface area (Å²) in [4.78, 5) is 11.3. The van der Waals surface area contributed by atoms with Crippen molar-refractivity contribution in [2.75, 3.05) is 52.6 Å². The van der Waals surface area contributed by atoms with E-state index in [0.717, 1.165) is 66.2 Å². The summed E-state index contributed by atoms with van der Waals surface area (Å²) in [6.45, 7) is 4.27. The highest BCUT2D eigenvalue weighted by Gasteiger charge is 2.19. The van der Waals surface area contributed by atoms with Crippen LogP contribution in [0.15, 0.2) is 170 Å². The Hall–Kier alpha value is -6.82. The number of H-pyrrole nitrogens is 2. The average Bonchev–Trinajstić information content (AvgIpc) is 3.91. The number of fused-ring (bicyclic) bond motifs is 6. The molecule has 64 heavy (non-hydrogen) atoms. The summed E-state index contributed by atoms with van der Waals surface area (Å²) < 4.78 is 25.3. The molecule has 2 heterocycles.